The Morgan fingerprint density at radius 3 is 1.43 bits per heavy atom. The number of allylic oxidation sites excluding steroid dienone is 6. The van der Waals surface area contributed by atoms with Crippen molar-refractivity contribution in [2.75, 3.05) is 0 Å². The third kappa shape index (κ3) is 9.23. The first-order chi connectivity index (χ1) is 7.00. The largest absolute Gasteiger partial charge is 0.255 e. The molecule has 0 radical (unpaired) electrons. The summed E-state index contributed by atoms with van der Waals surface area (Å²) in [5, 5.41) is 12.0. The van der Waals surface area contributed by atoms with E-state index in [0.717, 1.165) is 0 Å². The van der Waals surface area contributed by atoms with Crippen molar-refractivity contribution in [2.24, 2.45) is 0 Å². The van der Waals surface area contributed by atoms with Gasteiger partial charge in [-0.15, -0.1) is 0 Å². The molecule has 0 bridgehead atoms. The highest BCUT2D eigenvalue weighted by molar-refractivity contribution is 5.11. The normalized spacial score (nSPS) is 17.6. The molecule has 0 aliphatic heterocycles. The molecule has 0 aromatic heterocycles. The van der Waals surface area contributed by atoms with Crippen molar-refractivity contribution in [2.45, 2.75) is 38.5 Å². The van der Waals surface area contributed by atoms with Gasteiger partial charge in [0.1, 0.15) is 0 Å². The third-order valence-electron chi connectivity index (χ3n) is 2.10. The summed E-state index contributed by atoms with van der Waals surface area (Å²) in [6, 6.07) is 0. The van der Waals surface area contributed by atoms with Crippen LogP contribution in [0.2, 0.25) is 0 Å². The lowest BCUT2D eigenvalue weighted by atomic mass is 10.1. The van der Waals surface area contributed by atoms with Crippen LogP contribution in [-0.4, -0.2) is 10.5 Å². The monoisotopic (exact) mass is 196 g/mol. The van der Waals surface area contributed by atoms with Crippen LogP contribution in [0.4, 0.5) is 0 Å². The molecule has 1 aliphatic carbocycles. The predicted molar refractivity (Wildman–Crippen MR) is 60.4 cm³/mol. The van der Waals surface area contributed by atoms with Crippen LogP contribution in [0.3, 0.4) is 0 Å². The first-order valence-electron chi connectivity index (χ1n) is 5.18. The van der Waals surface area contributed by atoms with Crippen LogP contribution in [0.15, 0.2) is 36.5 Å². The van der Waals surface area contributed by atoms with Gasteiger partial charge in [-0.2, -0.15) is 0 Å². The lowest BCUT2D eigenvalue weighted by Crippen LogP contribution is -1.77. The average Bonchev–Trinajstić information content (AvgIpc) is 2.22. The highest BCUT2D eigenvalue weighted by atomic mass is 17.0. The topological polar surface area (TPSA) is 40.5 Å². The van der Waals surface area contributed by atoms with Crippen molar-refractivity contribution >= 4 is 0 Å². The second kappa shape index (κ2) is 12.1. The third-order valence-corrected chi connectivity index (χ3v) is 2.10. The molecule has 0 aromatic rings. The van der Waals surface area contributed by atoms with E-state index in [1.165, 1.54) is 38.5 Å². The Morgan fingerprint density at radius 2 is 1.00 bits per heavy atom. The van der Waals surface area contributed by atoms with E-state index in [2.05, 4.69) is 36.5 Å². The van der Waals surface area contributed by atoms with Crippen molar-refractivity contribution in [1.82, 2.24) is 0 Å². The minimum atomic E-state index is 1.24. The molecule has 0 atom stereocenters. The maximum absolute atomic E-state index is 6.00. The van der Waals surface area contributed by atoms with E-state index in [0.29, 0.717) is 0 Å². The van der Waals surface area contributed by atoms with E-state index in [-0.39, 0.29) is 0 Å². The van der Waals surface area contributed by atoms with Crippen molar-refractivity contribution in [1.29, 1.82) is 0 Å². The Balaban J connectivity index is 0.000000791. The fourth-order valence-corrected chi connectivity index (χ4v) is 1.36. The number of hydrogen-bond acceptors (Lipinski definition) is 2. The highest BCUT2D eigenvalue weighted by Crippen LogP contribution is 2.07. The van der Waals surface area contributed by atoms with Gasteiger partial charge < -0.3 is 0 Å². The molecule has 1 rings (SSSR count). The van der Waals surface area contributed by atoms with Gasteiger partial charge in [0, 0.05) is 0 Å². The second-order valence-corrected chi connectivity index (χ2v) is 3.23. The molecule has 2 heteroatoms. The minimum absolute atomic E-state index is 1.24. The summed E-state index contributed by atoms with van der Waals surface area (Å²) in [6.07, 6.45) is 21.0. The molecule has 0 fully saturated rings. The minimum Gasteiger partial charge on any atom is -0.255 e. The lowest BCUT2D eigenvalue weighted by molar-refractivity contribution is -0.176. The van der Waals surface area contributed by atoms with Gasteiger partial charge in [-0.1, -0.05) is 49.3 Å². The van der Waals surface area contributed by atoms with Crippen molar-refractivity contribution in [3.63, 3.8) is 0 Å². The van der Waals surface area contributed by atoms with Gasteiger partial charge in [0.2, 0.25) is 0 Å². The van der Waals surface area contributed by atoms with Gasteiger partial charge in [0.05, 0.1) is 0 Å². The van der Waals surface area contributed by atoms with E-state index < -0.39 is 0 Å². The molecule has 0 amide bonds. The van der Waals surface area contributed by atoms with Crippen molar-refractivity contribution in [3.05, 3.63) is 36.5 Å². The molecule has 14 heavy (non-hydrogen) atoms. The quantitative estimate of drug-likeness (QED) is 0.453. The summed E-state index contributed by atoms with van der Waals surface area (Å²) < 4.78 is 0. The first-order valence-corrected chi connectivity index (χ1v) is 5.18. The summed E-state index contributed by atoms with van der Waals surface area (Å²) in [5.74, 6) is 0. The Kier molecular flexibility index (Phi) is 11.4. The molecule has 2 nitrogen and oxygen atoms in total. The van der Waals surface area contributed by atoms with Crippen molar-refractivity contribution in [3.8, 4) is 0 Å². The maximum atomic E-state index is 6.00. The zero-order valence-corrected chi connectivity index (χ0v) is 8.60. The van der Waals surface area contributed by atoms with E-state index in [1.54, 1.807) is 0 Å². The van der Waals surface area contributed by atoms with Crippen LogP contribution < -0.4 is 0 Å². The highest BCUT2D eigenvalue weighted by Gasteiger charge is 1.87. The lowest BCUT2D eigenvalue weighted by Gasteiger charge is -1.96. The summed E-state index contributed by atoms with van der Waals surface area (Å²) in [7, 11) is 0. The zero-order valence-electron chi connectivity index (χ0n) is 8.60. The summed E-state index contributed by atoms with van der Waals surface area (Å²) in [6.45, 7) is 0. The molecule has 1 aliphatic rings. The standard InChI is InChI=1S/C12H18.H2O2/c1-2-4-6-8-10-12-11-9-7-5-3-1;1-2/h1-6H,7-12H2;1-2H. The van der Waals surface area contributed by atoms with Crippen LogP contribution in [0, 0.1) is 0 Å². The molecular weight excluding hydrogens is 176 g/mol. The van der Waals surface area contributed by atoms with Gasteiger partial charge >= 0.3 is 0 Å². The van der Waals surface area contributed by atoms with Crippen LogP contribution in [-0.2, 0) is 0 Å². The fraction of sp³-hybridized carbons (Fsp3) is 0.500. The molecule has 0 aromatic carbocycles. The van der Waals surface area contributed by atoms with Crippen LogP contribution >= 0.6 is 0 Å². The van der Waals surface area contributed by atoms with Crippen LogP contribution in [0.5, 0.6) is 0 Å². The van der Waals surface area contributed by atoms with Gasteiger partial charge in [-0.3, -0.25) is 10.5 Å². The maximum Gasteiger partial charge on any atom is -0.0348 e. The molecule has 0 unspecified atom stereocenters. The fourth-order valence-electron chi connectivity index (χ4n) is 1.36. The predicted octanol–water partition coefficient (Wildman–Crippen LogP) is 4.03. The Morgan fingerprint density at radius 1 is 0.571 bits per heavy atom. The van der Waals surface area contributed by atoms with Crippen LogP contribution in [0.25, 0.3) is 0 Å². The molecule has 2 N–H and O–H groups in total. The summed E-state index contributed by atoms with van der Waals surface area (Å²) in [4.78, 5) is 0. The first kappa shape index (κ1) is 13.1. The zero-order chi connectivity index (χ0) is 10.5. The molecule has 0 heterocycles. The van der Waals surface area contributed by atoms with Gasteiger partial charge in [-0.25, -0.2) is 0 Å². The number of rotatable bonds is 0. The molecule has 0 saturated heterocycles. The Labute approximate surface area is 86.2 Å². The number of hydrogen-bond donors (Lipinski definition) is 2. The van der Waals surface area contributed by atoms with E-state index >= 15 is 0 Å². The van der Waals surface area contributed by atoms with Crippen molar-refractivity contribution < 1.29 is 10.5 Å². The second-order valence-electron chi connectivity index (χ2n) is 3.23. The van der Waals surface area contributed by atoms with E-state index in [1.807, 2.05) is 0 Å². The van der Waals surface area contributed by atoms with Crippen LogP contribution in [0.1, 0.15) is 38.5 Å². The smallest absolute Gasteiger partial charge is 0.0348 e. The molecule has 0 saturated carbocycles. The van der Waals surface area contributed by atoms with Gasteiger partial charge in [0.25, 0.3) is 0 Å². The molecular formula is C12H20O2. The Bertz CT molecular complexity index is 161. The van der Waals surface area contributed by atoms with Gasteiger partial charge in [0.15, 0.2) is 0 Å². The molecule has 0 spiro atoms. The van der Waals surface area contributed by atoms with E-state index in [9.17, 15) is 0 Å². The Hall–Kier alpha value is -0.860. The molecule has 80 valence electrons. The SMILES string of the molecule is C1=CC=CCCCCCCC=C1.OO. The average molecular weight is 196 g/mol. The van der Waals surface area contributed by atoms with E-state index in [4.69, 9.17) is 10.5 Å². The summed E-state index contributed by atoms with van der Waals surface area (Å²) in [5.41, 5.74) is 0. The van der Waals surface area contributed by atoms with Gasteiger partial charge in [-0.05, 0) is 25.7 Å². The summed E-state index contributed by atoms with van der Waals surface area (Å²) >= 11 is 0.